The zero-order valence-electron chi connectivity index (χ0n) is 10.6. The minimum atomic E-state index is -0.329. The Hall–Kier alpha value is -1.61. The van der Waals surface area contributed by atoms with Gasteiger partial charge in [-0.3, -0.25) is 0 Å². The van der Waals surface area contributed by atoms with Gasteiger partial charge < -0.3 is 9.64 Å². The molecule has 0 aromatic rings. The smallest absolute Gasteiger partial charge is 0.330 e. The number of likely N-dealkylation sites (N-methyl/N-ethyl adjacent to an activating group) is 1. The van der Waals surface area contributed by atoms with Crippen LogP contribution in [0.15, 0.2) is 47.6 Å². The molecular formula is C14H19NO2. The number of nitrogens with zero attached hydrogens (tertiary/aromatic N) is 1. The van der Waals surface area contributed by atoms with Gasteiger partial charge in [-0.15, -0.1) is 0 Å². The first kappa shape index (κ1) is 13.5. The lowest BCUT2D eigenvalue weighted by Gasteiger charge is -2.09. The van der Waals surface area contributed by atoms with E-state index in [1.165, 1.54) is 18.8 Å². The van der Waals surface area contributed by atoms with E-state index in [0.717, 1.165) is 18.5 Å². The van der Waals surface area contributed by atoms with Crippen LogP contribution in [0.3, 0.4) is 0 Å². The van der Waals surface area contributed by atoms with Gasteiger partial charge in [0.2, 0.25) is 0 Å². The highest BCUT2D eigenvalue weighted by Crippen LogP contribution is 2.12. The van der Waals surface area contributed by atoms with Gasteiger partial charge in [-0.05, 0) is 37.7 Å². The van der Waals surface area contributed by atoms with Crippen LogP contribution in [0.5, 0.6) is 0 Å². The number of carbonyl (C=O) groups is 1. The Labute approximate surface area is 103 Å². The first-order valence-electron chi connectivity index (χ1n) is 5.60. The van der Waals surface area contributed by atoms with Crippen LogP contribution < -0.4 is 0 Å². The van der Waals surface area contributed by atoms with E-state index < -0.39 is 0 Å². The topological polar surface area (TPSA) is 29.5 Å². The summed E-state index contributed by atoms with van der Waals surface area (Å²) in [7, 11) is 5.47. The molecule has 3 nitrogen and oxygen atoms in total. The highest BCUT2D eigenvalue weighted by Gasteiger charge is 1.99. The van der Waals surface area contributed by atoms with Crippen LogP contribution in [0.1, 0.15) is 6.42 Å². The third-order valence-electron chi connectivity index (χ3n) is 2.34. The molecule has 1 aliphatic rings. The Morgan fingerprint density at radius 1 is 1.41 bits per heavy atom. The van der Waals surface area contributed by atoms with E-state index in [1.807, 2.05) is 20.2 Å². The van der Waals surface area contributed by atoms with Crippen molar-refractivity contribution in [3.63, 3.8) is 0 Å². The van der Waals surface area contributed by atoms with Gasteiger partial charge in [-0.2, -0.15) is 0 Å². The zero-order valence-corrected chi connectivity index (χ0v) is 10.6. The molecule has 1 rings (SSSR count). The minimum Gasteiger partial charge on any atom is -0.466 e. The van der Waals surface area contributed by atoms with E-state index >= 15 is 0 Å². The number of ether oxygens (including phenoxy) is 1. The van der Waals surface area contributed by atoms with Crippen molar-refractivity contribution < 1.29 is 9.53 Å². The number of hydrogen-bond donors (Lipinski definition) is 0. The number of esters is 1. The molecule has 0 spiro atoms. The average molecular weight is 233 g/mol. The van der Waals surface area contributed by atoms with Crippen molar-refractivity contribution in [1.29, 1.82) is 0 Å². The number of rotatable bonds is 4. The SMILES string of the molecule is COC(=O)/C=C/C1=CCC=C(CN(C)C)C=C1. The Morgan fingerprint density at radius 2 is 2.18 bits per heavy atom. The summed E-state index contributed by atoms with van der Waals surface area (Å²) in [6.45, 7) is 0.929. The third kappa shape index (κ3) is 5.31. The Morgan fingerprint density at radius 3 is 2.82 bits per heavy atom. The molecule has 0 atom stereocenters. The van der Waals surface area contributed by atoms with Crippen LogP contribution in [0.2, 0.25) is 0 Å². The molecule has 0 aromatic heterocycles. The first-order valence-corrected chi connectivity index (χ1v) is 5.60. The summed E-state index contributed by atoms with van der Waals surface area (Å²) in [5.41, 5.74) is 2.31. The van der Waals surface area contributed by atoms with Gasteiger partial charge in [0.25, 0.3) is 0 Å². The maximum Gasteiger partial charge on any atom is 0.330 e. The Balaban J connectivity index is 2.61. The second-order valence-corrected chi connectivity index (χ2v) is 4.15. The highest BCUT2D eigenvalue weighted by molar-refractivity contribution is 5.82. The predicted octanol–water partition coefficient (Wildman–Crippen LogP) is 2.09. The quantitative estimate of drug-likeness (QED) is 0.550. The molecule has 0 amide bonds. The summed E-state index contributed by atoms with van der Waals surface area (Å²) in [5.74, 6) is -0.329. The fraction of sp³-hybridized carbons (Fsp3) is 0.357. The molecule has 0 radical (unpaired) electrons. The number of allylic oxidation sites excluding steroid dienone is 5. The molecule has 0 heterocycles. The van der Waals surface area contributed by atoms with E-state index in [4.69, 9.17) is 0 Å². The molecule has 17 heavy (non-hydrogen) atoms. The van der Waals surface area contributed by atoms with Crippen LogP contribution >= 0.6 is 0 Å². The van der Waals surface area contributed by atoms with E-state index in [1.54, 1.807) is 6.08 Å². The minimum absolute atomic E-state index is 0.329. The van der Waals surface area contributed by atoms with Crippen molar-refractivity contribution in [2.45, 2.75) is 6.42 Å². The summed E-state index contributed by atoms with van der Waals surface area (Å²) in [4.78, 5) is 13.1. The Bertz CT molecular complexity index is 387. The number of carbonyl (C=O) groups excluding carboxylic acids is 1. The molecule has 1 aliphatic carbocycles. The summed E-state index contributed by atoms with van der Waals surface area (Å²) in [6, 6.07) is 0. The van der Waals surface area contributed by atoms with Crippen LogP contribution in [-0.4, -0.2) is 38.6 Å². The molecule has 0 saturated carbocycles. The van der Waals surface area contributed by atoms with Gasteiger partial charge in [0, 0.05) is 12.6 Å². The molecule has 92 valence electrons. The lowest BCUT2D eigenvalue weighted by atomic mass is 10.2. The van der Waals surface area contributed by atoms with Gasteiger partial charge in [-0.1, -0.05) is 24.3 Å². The third-order valence-corrected chi connectivity index (χ3v) is 2.34. The summed E-state index contributed by atoms with van der Waals surface area (Å²) >= 11 is 0. The normalized spacial score (nSPS) is 15.8. The molecule has 0 bridgehead atoms. The zero-order chi connectivity index (χ0) is 12.7. The summed E-state index contributed by atoms with van der Waals surface area (Å²) < 4.78 is 4.55. The second kappa shape index (κ2) is 6.86. The standard InChI is InChI=1S/C14H19NO2/c1-15(2)11-13-6-4-5-12(7-8-13)9-10-14(16)17-3/h5-10H,4,11H2,1-3H3/b10-9+. The van der Waals surface area contributed by atoms with Crippen LogP contribution in [-0.2, 0) is 9.53 Å². The second-order valence-electron chi connectivity index (χ2n) is 4.15. The monoisotopic (exact) mass is 233 g/mol. The maximum atomic E-state index is 11.0. The largest absolute Gasteiger partial charge is 0.466 e. The summed E-state index contributed by atoms with van der Waals surface area (Å²) in [6.07, 6.45) is 12.5. The predicted molar refractivity (Wildman–Crippen MR) is 69.6 cm³/mol. The molecule has 0 aromatic carbocycles. The highest BCUT2D eigenvalue weighted by atomic mass is 16.5. The lowest BCUT2D eigenvalue weighted by Crippen LogP contribution is -2.14. The molecular weight excluding hydrogens is 214 g/mol. The van der Waals surface area contributed by atoms with Gasteiger partial charge in [0.1, 0.15) is 0 Å². The van der Waals surface area contributed by atoms with Gasteiger partial charge in [0.15, 0.2) is 0 Å². The van der Waals surface area contributed by atoms with E-state index in [-0.39, 0.29) is 5.97 Å². The van der Waals surface area contributed by atoms with Gasteiger partial charge in [-0.25, -0.2) is 4.79 Å². The van der Waals surface area contributed by atoms with Crippen molar-refractivity contribution in [3.8, 4) is 0 Å². The van der Waals surface area contributed by atoms with E-state index in [2.05, 4.69) is 27.9 Å². The molecule has 0 N–H and O–H groups in total. The molecule has 0 saturated heterocycles. The average Bonchev–Trinajstić information content (AvgIpc) is 2.51. The van der Waals surface area contributed by atoms with Crippen LogP contribution in [0.25, 0.3) is 0 Å². The van der Waals surface area contributed by atoms with Crippen molar-refractivity contribution in [3.05, 3.63) is 47.6 Å². The fourth-order valence-electron chi connectivity index (χ4n) is 1.52. The van der Waals surface area contributed by atoms with E-state index in [9.17, 15) is 4.79 Å². The van der Waals surface area contributed by atoms with Gasteiger partial charge >= 0.3 is 5.97 Å². The lowest BCUT2D eigenvalue weighted by molar-refractivity contribution is -0.134. The maximum absolute atomic E-state index is 11.0. The number of methoxy groups -OCH3 is 1. The van der Waals surface area contributed by atoms with E-state index in [0.29, 0.717) is 0 Å². The summed E-state index contributed by atoms with van der Waals surface area (Å²) in [5, 5.41) is 0. The fourth-order valence-corrected chi connectivity index (χ4v) is 1.52. The van der Waals surface area contributed by atoms with Gasteiger partial charge in [0.05, 0.1) is 7.11 Å². The molecule has 0 fully saturated rings. The van der Waals surface area contributed by atoms with Crippen molar-refractivity contribution in [2.24, 2.45) is 0 Å². The molecule has 0 aliphatic heterocycles. The first-order chi connectivity index (χ1) is 8.11. The Kier molecular flexibility index (Phi) is 5.43. The van der Waals surface area contributed by atoms with Crippen molar-refractivity contribution in [1.82, 2.24) is 4.90 Å². The number of hydrogen-bond acceptors (Lipinski definition) is 3. The van der Waals surface area contributed by atoms with Crippen LogP contribution in [0, 0.1) is 0 Å². The molecule has 3 heteroatoms. The van der Waals surface area contributed by atoms with Crippen molar-refractivity contribution >= 4 is 5.97 Å². The van der Waals surface area contributed by atoms with Crippen molar-refractivity contribution in [2.75, 3.05) is 27.7 Å². The molecule has 0 unspecified atom stereocenters. The van der Waals surface area contributed by atoms with Crippen LogP contribution in [0.4, 0.5) is 0 Å².